The molecular weight excluding hydrogens is 356 g/mol. The van der Waals surface area contributed by atoms with Gasteiger partial charge in [0.2, 0.25) is 5.78 Å². The maximum Gasteiger partial charge on any atom is 0.270 e. The normalized spacial score (nSPS) is 11.8. The van der Waals surface area contributed by atoms with Crippen LogP contribution in [0.15, 0.2) is 65.5 Å². The van der Waals surface area contributed by atoms with E-state index in [1.807, 2.05) is 80.2 Å². The average molecular weight is 380 g/mol. The molecule has 0 aliphatic carbocycles. The van der Waals surface area contributed by atoms with Crippen LogP contribution in [0.3, 0.4) is 0 Å². The number of aryl methyl sites for hydroxylation is 3. The Bertz CT molecular complexity index is 964. The summed E-state index contributed by atoms with van der Waals surface area (Å²) in [6.07, 6.45) is 5.43. The molecule has 0 spiro atoms. The Labute approximate surface area is 164 Å². The van der Waals surface area contributed by atoms with E-state index < -0.39 is 6.04 Å². The minimum absolute atomic E-state index is 0.0364. The first-order valence-corrected chi connectivity index (χ1v) is 9.25. The number of benzene rings is 1. The first-order chi connectivity index (χ1) is 13.0. The number of rotatable bonds is 6. The molecule has 0 saturated heterocycles. The quantitative estimate of drug-likeness (QED) is 0.399. The number of furan rings is 1. The number of hydrogen-bond acceptors (Lipinski definition) is 3. The van der Waals surface area contributed by atoms with Crippen LogP contribution in [-0.2, 0) is 6.54 Å². The van der Waals surface area contributed by atoms with Crippen molar-refractivity contribution in [3.8, 4) is 0 Å². The van der Waals surface area contributed by atoms with Crippen LogP contribution in [0.5, 0.6) is 0 Å². The van der Waals surface area contributed by atoms with Gasteiger partial charge in [0.1, 0.15) is 5.76 Å². The molecule has 0 aliphatic heterocycles. The Morgan fingerprint density at radius 3 is 2.63 bits per heavy atom. The highest BCUT2D eigenvalue weighted by Gasteiger charge is 2.33. The molecule has 5 heteroatoms. The van der Waals surface area contributed by atoms with Gasteiger partial charge in [0.05, 0.1) is 12.8 Å². The summed E-state index contributed by atoms with van der Waals surface area (Å²) in [7, 11) is 0. The smallest absolute Gasteiger partial charge is 0.270 e. The van der Waals surface area contributed by atoms with Crippen molar-refractivity contribution in [1.82, 2.24) is 5.32 Å². The van der Waals surface area contributed by atoms with Gasteiger partial charge in [-0.2, -0.15) is 4.57 Å². The number of carbonyl (C=O) groups excluding carboxylic acids is 1. The zero-order valence-corrected chi connectivity index (χ0v) is 16.5. The summed E-state index contributed by atoms with van der Waals surface area (Å²) in [5.74, 6) is 0.731. The number of thiocarbonyl (C=S) groups is 1. The topological polar surface area (TPSA) is 46.1 Å². The molecule has 27 heavy (non-hydrogen) atoms. The van der Waals surface area contributed by atoms with Crippen molar-refractivity contribution < 1.29 is 13.8 Å². The van der Waals surface area contributed by atoms with E-state index in [-0.39, 0.29) is 5.78 Å². The van der Waals surface area contributed by atoms with E-state index >= 15 is 0 Å². The van der Waals surface area contributed by atoms with E-state index in [2.05, 4.69) is 5.32 Å². The number of pyridine rings is 1. The maximum atomic E-state index is 13.4. The molecule has 0 fully saturated rings. The summed E-state index contributed by atoms with van der Waals surface area (Å²) in [6, 6.07) is 12.8. The van der Waals surface area contributed by atoms with Gasteiger partial charge in [-0.3, -0.25) is 4.79 Å². The second-order valence-electron chi connectivity index (χ2n) is 6.69. The largest absolute Gasteiger partial charge is 0.467 e. The molecule has 0 radical (unpaired) electrons. The van der Waals surface area contributed by atoms with Gasteiger partial charge in [-0.05, 0) is 56.2 Å². The Balaban J connectivity index is 1.92. The number of nitrogens with zero attached hydrogens (tertiary/aromatic N) is 1. The van der Waals surface area contributed by atoms with E-state index in [9.17, 15) is 4.79 Å². The predicted octanol–water partition coefficient (Wildman–Crippen LogP) is 4.03. The zero-order chi connectivity index (χ0) is 19.4. The third kappa shape index (κ3) is 4.49. The van der Waals surface area contributed by atoms with Crippen LogP contribution in [0.1, 0.15) is 38.9 Å². The van der Waals surface area contributed by atoms with Crippen LogP contribution < -0.4 is 9.88 Å². The first-order valence-electron chi connectivity index (χ1n) is 8.84. The molecule has 1 aromatic carbocycles. The van der Waals surface area contributed by atoms with Crippen LogP contribution in [-0.4, -0.2) is 10.8 Å². The maximum absolute atomic E-state index is 13.4. The number of Topliss-reactive ketones (excluding diaryl/α,β-unsaturated/α-hetero) is 1. The van der Waals surface area contributed by atoms with Gasteiger partial charge in [0.15, 0.2) is 17.4 Å². The second-order valence-corrected chi connectivity index (χ2v) is 7.13. The lowest BCUT2D eigenvalue weighted by Crippen LogP contribution is -2.51. The van der Waals surface area contributed by atoms with Gasteiger partial charge >= 0.3 is 0 Å². The molecule has 3 rings (SSSR count). The molecule has 0 aliphatic rings. The summed E-state index contributed by atoms with van der Waals surface area (Å²) in [5, 5.41) is 3.18. The third-order valence-electron chi connectivity index (χ3n) is 4.57. The van der Waals surface area contributed by atoms with Gasteiger partial charge in [-0.25, -0.2) is 0 Å². The molecule has 2 heterocycles. The van der Waals surface area contributed by atoms with Crippen LogP contribution in [0.25, 0.3) is 0 Å². The Morgan fingerprint density at radius 1 is 1.15 bits per heavy atom. The summed E-state index contributed by atoms with van der Waals surface area (Å²) in [4.78, 5) is 13.8. The second kappa shape index (κ2) is 8.27. The molecule has 4 nitrogen and oxygen atoms in total. The zero-order valence-electron chi connectivity index (χ0n) is 15.7. The highest BCUT2D eigenvalue weighted by Crippen LogP contribution is 2.16. The summed E-state index contributed by atoms with van der Waals surface area (Å²) >= 11 is 5.61. The molecule has 138 valence electrons. The summed E-state index contributed by atoms with van der Waals surface area (Å²) in [5.41, 5.74) is 3.96. The average Bonchev–Trinajstić information content (AvgIpc) is 3.16. The van der Waals surface area contributed by atoms with Gasteiger partial charge in [-0.15, -0.1) is 0 Å². The standard InChI is InChI=1S/C22H22N2O2S/c1-15-6-4-10-24(14-15)20(22(27)23-13-19-7-5-11-26-19)21(25)18-9-8-16(2)17(3)12-18/h4-12,14,20H,13H2,1-3H3/p+1/t20-/m1/s1. The van der Waals surface area contributed by atoms with Gasteiger partial charge in [0, 0.05) is 17.2 Å². The molecule has 2 aromatic heterocycles. The molecular formula is C22H23N2O2S+. The van der Waals surface area contributed by atoms with Gasteiger partial charge in [0.25, 0.3) is 6.04 Å². The minimum Gasteiger partial charge on any atom is -0.467 e. The fourth-order valence-electron chi connectivity index (χ4n) is 2.90. The summed E-state index contributed by atoms with van der Waals surface area (Å²) in [6.45, 7) is 6.47. The SMILES string of the molecule is Cc1ccc[n+]([C@H](C(=O)c2ccc(C)c(C)c2)C(=S)NCc2ccco2)c1. The van der Waals surface area contributed by atoms with E-state index in [1.54, 1.807) is 6.26 Å². The Hall–Kier alpha value is -2.79. The van der Waals surface area contributed by atoms with E-state index in [4.69, 9.17) is 16.6 Å². The fourth-order valence-corrected chi connectivity index (χ4v) is 3.20. The molecule has 1 N–H and O–H groups in total. The number of nitrogens with one attached hydrogen (secondary N) is 1. The fraction of sp³-hybridized carbons (Fsp3) is 0.227. The third-order valence-corrected chi connectivity index (χ3v) is 4.94. The highest BCUT2D eigenvalue weighted by molar-refractivity contribution is 7.80. The van der Waals surface area contributed by atoms with Crippen LogP contribution in [0.2, 0.25) is 0 Å². The predicted molar refractivity (Wildman–Crippen MR) is 109 cm³/mol. The number of hydrogen-bond donors (Lipinski definition) is 1. The van der Waals surface area contributed by atoms with Crippen molar-refractivity contribution in [2.75, 3.05) is 0 Å². The van der Waals surface area contributed by atoms with Gasteiger partial charge in [-0.1, -0.05) is 24.4 Å². The number of aromatic nitrogens is 1. The first kappa shape index (κ1) is 19.0. The lowest BCUT2D eigenvalue weighted by Gasteiger charge is -2.15. The van der Waals surface area contributed by atoms with Crippen LogP contribution >= 0.6 is 12.2 Å². The molecule has 0 saturated carbocycles. The van der Waals surface area contributed by atoms with Crippen molar-refractivity contribution in [3.05, 3.63) is 89.1 Å². The Kier molecular flexibility index (Phi) is 5.81. The van der Waals surface area contributed by atoms with Crippen LogP contribution in [0, 0.1) is 20.8 Å². The highest BCUT2D eigenvalue weighted by atomic mass is 32.1. The van der Waals surface area contributed by atoms with E-state index in [0.717, 1.165) is 22.5 Å². The van der Waals surface area contributed by atoms with Crippen molar-refractivity contribution >= 4 is 23.0 Å². The summed E-state index contributed by atoms with van der Waals surface area (Å²) < 4.78 is 7.21. The number of carbonyl (C=O) groups is 1. The van der Waals surface area contributed by atoms with E-state index in [0.29, 0.717) is 17.1 Å². The molecule has 3 aromatic rings. The lowest BCUT2D eigenvalue weighted by atomic mass is 9.99. The van der Waals surface area contributed by atoms with Gasteiger partial charge < -0.3 is 9.73 Å². The molecule has 0 unspecified atom stereocenters. The van der Waals surface area contributed by atoms with Crippen molar-refractivity contribution in [2.24, 2.45) is 0 Å². The van der Waals surface area contributed by atoms with Crippen molar-refractivity contribution in [1.29, 1.82) is 0 Å². The van der Waals surface area contributed by atoms with Crippen molar-refractivity contribution in [2.45, 2.75) is 33.4 Å². The molecule has 0 amide bonds. The lowest BCUT2D eigenvalue weighted by molar-refractivity contribution is -0.692. The monoisotopic (exact) mass is 379 g/mol. The number of ketones is 1. The van der Waals surface area contributed by atoms with Crippen molar-refractivity contribution in [3.63, 3.8) is 0 Å². The van der Waals surface area contributed by atoms with Crippen LogP contribution in [0.4, 0.5) is 0 Å². The Morgan fingerprint density at radius 2 is 1.96 bits per heavy atom. The van der Waals surface area contributed by atoms with E-state index in [1.165, 1.54) is 0 Å². The molecule has 0 bridgehead atoms. The minimum atomic E-state index is -0.614. The molecule has 1 atom stereocenters.